The maximum atomic E-state index is 10.3. The van der Waals surface area contributed by atoms with Crippen molar-refractivity contribution >= 4 is 6.41 Å². The molecule has 0 aromatic rings. The average Bonchev–Trinajstić information content (AvgIpc) is 2.71. The van der Waals surface area contributed by atoms with E-state index in [-0.39, 0.29) is 0 Å². The first-order chi connectivity index (χ1) is 12.2. The van der Waals surface area contributed by atoms with E-state index in [1.165, 1.54) is 0 Å². The smallest absolute Gasteiger partial charge is 0.211 e. The Morgan fingerprint density at radius 1 is 1.35 bits per heavy atom. The third-order valence-corrected chi connectivity index (χ3v) is 3.54. The van der Waals surface area contributed by atoms with E-state index in [2.05, 4.69) is 31.1 Å². The summed E-state index contributed by atoms with van der Waals surface area (Å²) in [6.45, 7) is 13.7. The van der Waals surface area contributed by atoms with E-state index in [9.17, 15) is 4.79 Å². The number of hydrogen-bond donors (Lipinski definition) is 3. The molecule has 0 fully saturated rings. The van der Waals surface area contributed by atoms with Crippen molar-refractivity contribution in [3.8, 4) is 0 Å². The summed E-state index contributed by atoms with van der Waals surface area (Å²) in [5.74, 6) is 1.37. The van der Waals surface area contributed by atoms with Gasteiger partial charge in [0.1, 0.15) is 11.5 Å². The van der Waals surface area contributed by atoms with Crippen molar-refractivity contribution in [2.45, 2.75) is 47.1 Å². The predicted molar refractivity (Wildman–Crippen MR) is 110 cm³/mol. The Labute approximate surface area is 158 Å². The molecule has 0 saturated carbocycles. The second kappa shape index (κ2) is 12.8. The highest BCUT2D eigenvalue weighted by Crippen LogP contribution is 2.25. The molecule has 0 spiro atoms. The minimum absolute atomic E-state index is 0.595. The zero-order valence-electron chi connectivity index (χ0n) is 16.8. The van der Waals surface area contributed by atoms with E-state index in [0.717, 1.165) is 28.3 Å². The first-order valence-electron chi connectivity index (χ1n) is 8.65. The molecule has 0 heterocycles. The summed E-state index contributed by atoms with van der Waals surface area (Å²) in [6, 6.07) is 0.634. The van der Waals surface area contributed by atoms with Gasteiger partial charge in [0.15, 0.2) is 0 Å². The van der Waals surface area contributed by atoms with Gasteiger partial charge in [-0.25, -0.2) is 0 Å². The normalized spacial score (nSPS) is 15.3. The van der Waals surface area contributed by atoms with Crippen molar-refractivity contribution < 1.29 is 9.53 Å². The lowest BCUT2D eigenvalue weighted by molar-refractivity contribution is -0.108. The minimum atomic E-state index is 0.595. The first kappa shape index (κ1) is 23.5. The standard InChI is InChI=1S/C17H22N2O2.C4H11N/c1-5-16(9-7-14(4)19-11-20)21-17-12(2)6-8-15(18)10-13(17)3;1-4(2)5-3/h5-7,9-11H,1,8,18H2,2-4H3,(H,19,20);4-5H,1-3H3/b14-7+,16-9+;. The van der Waals surface area contributed by atoms with Crippen LogP contribution in [0.2, 0.25) is 0 Å². The van der Waals surface area contributed by atoms with E-state index >= 15 is 0 Å². The van der Waals surface area contributed by atoms with Crippen molar-refractivity contribution in [2.75, 3.05) is 7.05 Å². The number of nitrogens with one attached hydrogen (secondary N) is 2. The lowest BCUT2D eigenvalue weighted by Gasteiger charge is -2.12. The third kappa shape index (κ3) is 9.69. The van der Waals surface area contributed by atoms with Crippen molar-refractivity contribution in [2.24, 2.45) is 5.73 Å². The summed E-state index contributed by atoms with van der Waals surface area (Å²) < 4.78 is 5.92. The quantitative estimate of drug-likeness (QED) is 0.367. The molecule has 5 nitrogen and oxygen atoms in total. The van der Waals surface area contributed by atoms with Crippen LogP contribution in [0.1, 0.15) is 41.0 Å². The van der Waals surface area contributed by atoms with Crippen molar-refractivity contribution in [1.82, 2.24) is 10.6 Å². The van der Waals surface area contributed by atoms with Crippen molar-refractivity contribution in [3.63, 3.8) is 0 Å². The van der Waals surface area contributed by atoms with Gasteiger partial charge in [-0.3, -0.25) is 4.79 Å². The van der Waals surface area contributed by atoms with Crippen molar-refractivity contribution in [3.05, 3.63) is 71.0 Å². The van der Waals surface area contributed by atoms with Gasteiger partial charge in [0.2, 0.25) is 6.41 Å². The molecule has 0 unspecified atom stereocenters. The van der Waals surface area contributed by atoms with Gasteiger partial charge in [0.25, 0.3) is 0 Å². The molecule has 5 heteroatoms. The number of rotatable bonds is 7. The molecule has 1 aliphatic carbocycles. The Morgan fingerprint density at radius 2 is 1.96 bits per heavy atom. The second-order valence-electron chi connectivity index (χ2n) is 6.25. The Morgan fingerprint density at radius 3 is 2.46 bits per heavy atom. The minimum Gasteiger partial charge on any atom is -0.457 e. The van der Waals surface area contributed by atoms with Gasteiger partial charge in [-0.05, 0) is 63.3 Å². The van der Waals surface area contributed by atoms with Gasteiger partial charge in [-0.15, -0.1) is 0 Å². The van der Waals surface area contributed by atoms with Gasteiger partial charge in [0, 0.05) is 23.9 Å². The van der Waals surface area contributed by atoms with Crippen LogP contribution in [0.25, 0.3) is 0 Å². The largest absolute Gasteiger partial charge is 0.457 e. The maximum Gasteiger partial charge on any atom is 0.211 e. The SMILES string of the molecule is C=C/C(=C\C=C(/C)NC=O)OC1=C(C)C=C(N)CC=C1C.CNC(C)C. The zero-order chi connectivity index (χ0) is 20.1. The third-order valence-electron chi connectivity index (χ3n) is 3.54. The Kier molecular flexibility index (Phi) is 11.5. The van der Waals surface area contributed by atoms with Crippen molar-refractivity contribution in [1.29, 1.82) is 0 Å². The van der Waals surface area contributed by atoms with Gasteiger partial charge in [-0.2, -0.15) is 0 Å². The van der Waals surface area contributed by atoms with Crippen LogP contribution in [0.4, 0.5) is 0 Å². The number of amides is 1. The van der Waals surface area contributed by atoms with Crippen LogP contribution in [-0.4, -0.2) is 19.5 Å². The summed E-state index contributed by atoms with van der Waals surface area (Å²) in [6.07, 6.45) is 10.4. The zero-order valence-corrected chi connectivity index (χ0v) is 16.8. The molecule has 0 saturated heterocycles. The van der Waals surface area contributed by atoms with Crippen LogP contribution in [-0.2, 0) is 9.53 Å². The topological polar surface area (TPSA) is 76.4 Å². The van der Waals surface area contributed by atoms with Gasteiger partial charge < -0.3 is 21.1 Å². The molecular weight excluding hydrogens is 326 g/mol. The molecule has 1 rings (SSSR count). The number of ether oxygens (including phenoxy) is 1. The summed E-state index contributed by atoms with van der Waals surface area (Å²) in [7, 11) is 1.95. The molecule has 0 bridgehead atoms. The van der Waals surface area contributed by atoms with Crippen LogP contribution < -0.4 is 16.4 Å². The summed E-state index contributed by atoms with van der Waals surface area (Å²) in [5, 5.41) is 5.59. The molecule has 0 aromatic heterocycles. The second-order valence-corrected chi connectivity index (χ2v) is 6.25. The molecule has 144 valence electrons. The molecule has 0 aliphatic heterocycles. The lowest BCUT2D eigenvalue weighted by Crippen LogP contribution is -2.15. The molecule has 0 atom stereocenters. The molecule has 0 radical (unpaired) electrons. The fourth-order valence-electron chi connectivity index (χ4n) is 1.85. The van der Waals surface area contributed by atoms with Gasteiger partial charge in [-0.1, -0.05) is 26.5 Å². The lowest BCUT2D eigenvalue weighted by atomic mass is 10.1. The molecule has 1 aliphatic rings. The Bertz CT molecular complexity index is 636. The molecule has 4 N–H and O–H groups in total. The van der Waals surface area contributed by atoms with Gasteiger partial charge >= 0.3 is 0 Å². The predicted octanol–water partition coefficient (Wildman–Crippen LogP) is 3.80. The van der Waals surface area contributed by atoms with E-state index in [1.807, 2.05) is 33.0 Å². The van der Waals surface area contributed by atoms with Crippen LogP contribution in [0, 0.1) is 0 Å². The van der Waals surface area contributed by atoms with E-state index < -0.39 is 0 Å². The molecule has 26 heavy (non-hydrogen) atoms. The summed E-state index contributed by atoms with van der Waals surface area (Å²) in [4.78, 5) is 10.3. The number of carbonyl (C=O) groups excluding carboxylic acids is 1. The highest BCUT2D eigenvalue weighted by atomic mass is 16.5. The monoisotopic (exact) mass is 359 g/mol. The fraction of sp³-hybridized carbons (Fsp3) is 0.381. The Hall–Kier alpha value is -2.53. The van der Waals surface area contributed by atoms with E-state index in [0.29, 0.717) is 24.6 Å². The summed E-state index contributed by atoms with van der Waals surface area (Å²) >= 11 is 0. The van der Waals surface area contributed by atoms with Crippen LogP contribution in [0.15, 0.2) is 71.0 Å². The average molecular weight is 360 g/mol. The highest BCUT2D eigenvalue weighted by molar-refractivity contribution is 5.50. The molecular formula is C21H33N3O2. The van der Waals surface area contributed by atoms with Crippen LogP contribution in [0.5, 0.6) is 0 Å². The number of nitrogens with two attached hydrogens (primary N) is 1. The first-order valence-corrected chi connectivity index (χ1v) is 8.65. The van der Waals surface area contributed by atoms with E-state index in [1.54, 1.807) is 25.2 Å². The number of hydrogen-bond acceptors (Lipinski definition) is 4. The van der Waals surface area contributed by atoms with Crippen LogP contribution in [0.3, 0.4) is 0 Å². The number of allylic oxidation sites excluding steroid dienone is 8. The molecule has 0 aromatic carbocycles. The fourth-order valence-corrected chi connectivity index (χ4v) is 1.85. The summed E-state index contributed by atoms with van der Waals surface area (Å²) in [5.41, 5.74) is 9.41. The highest BCUT2D eigenvalue weighted by Gasteiger charge is 2.10. The van der Waals surface area contributed by atoms with Gasteiger partial charge in [0.05, 0.1) is 0 Å². The Balaban J connectivity index is 0.00000110. The number of carbonyl (C=O) groups is 1. The maximum absolute atomic E-state index is 10.3. The molecule has 1 amide bonds. The van der Waals surface area contributed by atoms with E-state index in [4.69, 9.17) is 10.5 Å². The van der Waals surface area contributed by atoms with Crippen LogP contribution >= 0.6 is 0 Å².